The summed E-state index contributed by atoms with van der Waals surface area (Å²) in [5, 5.41) is 7.07. The number of nitrogens with zero attached hydrogens (tertiary/aromatic N) is 1. The first-order valence-electron chi connectivity index (χ1n) is 17.8. The second-order valence-corrected chi connectivity index (χ2v) is 13.2. The highest BCUT2D eigenvalue weighted by Crippen LogP contribution is 2.49. The molecule has 0 saturated heterocycles. The Hall–Kier alpha value is -6.90. The van der Waals surface area contributed by atoms with Crippen molar-refractivity contribution in [2.75, 3.05) is 4.90 Å². The summed E-state index contributed by atoms with van der Waals surface area (Å²) in [5.74, 6) is 0. The van der Waals surface area contributed by atoms with Crippen LogP contribution in [-0.2, 0) is 0 Å². The summed E-state index contributed by atoms with van der Waals surface area (Å²) < 4.78 is 6.39. The monoisotopic (exact) mass is 663 g/mol. The van der Waals surface area contributed by atoms with Gasteiger partial charge in [-0.05, 0) is 68.7 Å². The smallest absolute Gasteiger partial charge is 0.136 e. The average Bonchev–Trinajstić information content (AvgIpc) is 3.61. The standard InChI is InChI=1S/C50H33NO/c1-2-16-35(17-3-1)38-26-12-20-36-21-13-27-41(49(36)38)39-23-6-9-29-45(39)51(44-31-14-19-34-18-4-5-22-37(34)44)46-30-10-7-24-40(46)42-28-15-33-48-50(42)43-25-8-11-32-47(43)52-48/h1-33H. The number of furan rings is 1. The number of anilines is 3. The van der Waals surface area contributed by atoms with E-state index < -0.39 is 0 Å². The number of benzene rings is 9. The van der Waals surface area contributed by atoms with Gasteiger partial charge in [0.05, 0.1) is 17.1 Å². The van der Waals surface area contributed by atoms with E-state index in [1.807, 2.05) is 6.07 Å². The van der Waals surface area contributed by atoms with Gasteiger partial charge in [0, 0.05) is 27.3 Å². The molecule has 0 N–H and O–H groups in total. The van der Waals surface area contributed by atoms with Crippen LogP contribution in [0.1, 0.15) is 0 Å². The molecule has 10 aromatic rings. The molecule has 0 aliphatic carbocycles. The predicted molar refractivity (Wildman–Crippen MR) is 220 cm³/mol. The van der Waals surface area contributed by atoms with Gasteiger partial charge in [-0.3, -0.25) is 0 Å². The lowest BCUT2D eigenvalue weighted by atomic mass is 9.90. The fourth-order valence-electron chi connectivity index (χ4n) is 8.01. The Balaban J connectivity index is 1.29. The van der Waals surface area contributed by atoms with Gasteiger partial charge in [-0.1, -0.05) is 170 Å². The van der Waals surface area contributed by atoms with E-state index in [1.165, 1.54) is 38.2 Å². The highest BCUT2D eigenvalue weighted by Gasteiger charge is 2.24. The molecule has 52 heavy (non-hydrogen) atoms. The molecule has 0 spiro atoms. The maximum absolute atomic E-state index is 6.39. The molecule has 0 aliphatic rings. The average molecular weight is 664 g/mol. The van der Waals surface area contributed by atoms with Gasteiger partial charge >= 0.3 is 0 Å². The molecular formula is C50H33NO. The molecule has 0 bridgehead atoms. The lowest BCUT2D eigenvalue weighted by Gasteiger charge is -2.31. The molecule has 0 amide bonds. The molecule has 2 nitrogen and oxygen atoms in total. The molecule has 0 radical (unpaired) electrons. The first-order chi connectivity index (χ1) is 25.8. The van der Waals surface area contributed by atoms with Crippen LogP contribution < -0.4 is 4.90 Å². The predicted octanol–water partition coefficient (Wildman–Crippen LogP) is 14.4. The summed E-state index contributed by atoms with van der Waals surface area (Å²) in [7, 11) is 0. The summed E-state index contributed by atoms with van der Waals surface area (Å²) in [5.41, 5.74) is 12.1. The molecule has 10 rings (SSSR count). The topological polar surface area (TPSA) is 16.4 Å². The van der Waals surface area contributed by atoms with Crippen LogP contribution in [-0.4, -0.2) is 0 Å². The first-order valence-corrected chi connectivity index (χ1v) is 17.8. The minimum absolute atomic E-state index is 0.884. The van der Waals surface area contributed by atoms with Crippen molar-refractivity contribution in [1.29, 1.82) is 0 Å². The summed E-state index contributed by atoms with van der Waals surface area (Å²) in [6.07, 6.45) is 0. The lowest BCUT2D eigenvalue weighted by molar-refractivity contribution is 0.669. The highest BCUT2D eigenvalue weighted by atomic mass is 16.3. The van der Waals surface area contributed by atoms with Crippen LogP contribution in [0.15, 0.2) is 205 Å². The van der Waals surface area contributed by atoms with E-state index >= 15 is 0 Å². The Bertz CT molecular complexity index is 2910. The summed E-state index contributed by atoms with van der Waals surface area (Å²) >= 11 is 0. The zero-order valence-corrected chi connectivity index (χ0v) is 28.4. The quantitative estimate of drug-likeness (QED) is 0.176. The van der Waals surface area contributed by atoms with Gasteiger partial charge in [0.1, 0.15) is 11.2 Å². The first kappa shape index (κ1) is 30.0. The Morgan fingerprint density at radius 2 is 0.769 bits per heavy atom. The summed E-state index contributed by atoms with van der Waals surface area (Å²) in [6, 6.07) is 71.8. The minimum atomic E-state index is 0.884. The Morgan fingerprint density at radius 1 is 0.288 bits per heavy atom. The number of hydrogen-bond acceptors (Lipinski definition) is 2. The van der Waals surface area contributed by atoms with Crippen molar-refractivity contribution in [1.82, 2.24) is 0 Å². The van der Waals surface area contributed by atoms with Crippen molar-refractivity contribution in [3.05, 3.63) is 200 Å². The third-order valence-corrected chi connectivity index (χ3v) is 10.3. The van der Waals surface area contributed by atoms with Crippen LogP contribution in [0, 0.1) is 0 Å². The van der Waals surface area contributed by atoms with Crippen molar-refractivity contribution in [2.45, 2.75) is 0 Å². The van der Waals surface area contributed by atoms with E-state index in [0.717, 1.165) is 55.7 Å². The maximum atomic E-state index is 6.39. The molecule has 9 aromatic carbocycles. The number of hydrogen-bond donors (Lipinski definition) is 0. The third-order valence-electron chi connectivity index (χ3n) is 10.3. The Labute approximate surface area is 302 Å². The van der Waals surface area contributed by atoms with E-state index in [-0.39, 0.29) is 0 Å². The number of fused-ring (bicyclic) bond motifs is 5. The van der Waals surface area contributed by atoms with E-state index in [9.17, 15) is 0 Å². The molecule has 1 aromatic heterocycles. The zero-order chi connectivity index (χ0) is 34.4. The molecule has 0 atom stereocenters. The maximum Gasteiger partial charge on any atom is 0.136 e. The number of para-hydroxylation sites is 3. The van der Waals surface area contributed by atoms with Crippen LogP contribution >= 0.6 is 0 Å². The highest BCUT2D eigenvalue weighted by molar-refractivity contribution is 6.15. The van der Waals surface area contributed by atoms with Gasteiger partial charge in [0.2, 0.25) is 0 Å². The molecule has 0 unspecified atom stereocenters. The SMILES string of the molecule is c1ccc(-c2cccc3cccc(-c4ccccc4N(c4ccccc4-c4cccc5oc6ccccc6c45)c4cccc5ccccc45)c23)cc1. The van der Waals surface area contributed by atoms with Crippen LogP contribution in [0.25, 0.3) is 76.9 Å². The molecule has 244 valence electrons. The van der Waals surface area contributed by atoms with Gasteiger partial charge in [0.15, 0.2) is 0 Å². The largest absolute Gasteiger partial charge is 0.456 e. The normalized spacial score (nSPS) is 11.5. The molecule has 0 aliphatic heterocycles. The van der Waals surface area contributed by atoms with Crippen molar-refractivity contribution in [2.24, 2.45) is 0 Å². The van der Waals surface area contributed by atoms with Crippen LogP contribution in [0.5, 0.6) is 0 Å². The van der Waals surface area contributed by atoms with Crippen molar-refractivity contribution in [3.63, 3.8) is 0 Å². The van der Waals surface area contributed by atoms with Crippen LogP contribution in [0.4, 0.5) is 17.1 Å². The minimum Gasteiger partial charge on any atom is -0.456 e. The molecule has 2 heteroatoms. The van der Waals surface area contributed by atoms with Gasteiger partial charge in [0.25, 0.3) is 0 Å². The third kappa shape index (κ3) is 4.88. The second-order valence-electron chi connectivity index (χ2n) is 13.2. The van der Waals surface area contributed by atoms with Crippen LogP contribution in [0.3, 0.4) is 0 Å². The lowest BCUT2D eigenvalue weighted by Crippen LogP contribution is -2.13. The van der Waals surface area contributed by atoms with Gasteiger partial charge in [-0.25, -0.2) is 0 Å². The van der Waals surface area contributed by atoms with E-state index in [2.05, 4.69) is 199 Å². The van der Waals surface area contributed by atoms with E-state index in [0.29, 0.717) is 0 Å². The fourth-order valence-corrected chi connectivity index (χ4v) is 8.01. The molecule has 0 saturated carbocycles. The van der Waals surface area contributed by atoms with Crippen molar-refractivity contribution in [3.8, 4) is 33.4 Å². The second kappa shape index (κ2) is 12.5. The molecule has 1 heterocycles. The van der Waals surface area contributed by atoms with E-state index in [1.54, 1.807) is 0 Å². The van der Waals surface area contributed by atoms with Crippen molar-refractivity contribution < 1.29 is 4.42 Å². The summed E-state index contributed by atoms with van der Waals surface area (Å²) in [4.78, 5) is 2.47. The zero-order valence-electron chi connectivity index (χ0n) is 28.4. The van der Waals surface area contributed by atoms with Gasteiger partial charge in [-0.15, -0.1) is 0 Å². The van der Waals surface area contributed by atoms with Gasteiger partial charge in [-0.2, -0.15) is 0 Å². The van der Waals surface area contributed by atoms with Gasteiger partial charge < -0.3 is 9.32 Å². The molecule has 0 fully saturated rings. The van der Waals surface area contributed by atoms with E-state index in [4.69, 9.17) is 4.42 Å². The summed E-state index contributed by atoms with van der Waals surface area (Å²) in [6.45, 7) is 0. The Kier molecular flexibility index (Phi) is 7.18. The molecular weight excluding hydrogens is 631 g/mol. The Morgan fingerprint density at radius 3 is 1.54 bits per heavy atom. The van der Waals surface area contributed by atoms with Crippen LogP contribution in [0.2, 0.25) is 0 Å². The number of rotatable bonds is 6. The van der Waals surface area contributed by atoms with Crippen molar-refractivity contribution >= 4 is 60.5 Å². The fraction of sp³-hybridized carbons (Fsp3) is 0.